The van der Waals surface area contributed by atoms with Crippen molar-refractivity contribution in [2.45, 2.75) is 13.3 Å². The molecular weight excluding hydrogens is 158 g/mol. The Labute approximate surface area is 68.3 Å². The predicted octanol–water partition coefficient (Wildman–Crippen LogP) is 1.65. The molecule has 56 valence electrons. The molecule has 2 aromatic heterocycles. The molecule has 0 aliphatic heterocycles. The topological polar surface area (TPSA) is 38.7 Å². The third kappa shape index (κ3) is 0.991. The lowest BCUT2D eigenvalue weighted by Gasteiger charge is -1.87. The molecule has 2 rings (SSSR count). The third-order valence-electron chi connectivity index (χ3n) is 1.56. The zero-order valence-electron chi connectivity index (χ0n) is 6.11. The Morgan fingerprint density at radius 1 is 1.55 bits per heavy atom. The molecule has 0 atom stereocenters. The quantitative estimate of drug-likeness (QED) is 0.645. The van der Waals surface area contributed by atoms with Gasteiger partial charge in [-0.25, -0.2) is 9.97 Å². The van der Waals surface area contributed by atoms with Crippen LogP contribution in [-0.2, 0) is 6.42 Å². The normalized spacial score (nSPS) is 10.6. The van der Waals surface area contributed by atoms with Crippen molar-refractivity contribution in [1.29, 1.82) is 0 Å². The van der Waals surface area contributed by atoms with Crippen LogP contribution in [0.5, 0.6) is 0 Å². The summed E-state index contributed by atoms with van der Waals surface area (Å²) in [6.07, 6.45) is 4.36. The smallest absolute Gasteiger partial charge is 0.176 e. The first kappa shape index (κ1) is 6.67. The van der Waals surface area contributed by atoms with E-state index in [4.69, 9.17) is 0 Å². The summed E-state index contributed by atoms with van der Waals surface area (Å²) in [6.45, 7) is 2.11. The van der Waals surface area contributed by atoms with E-state index in [1.54, 1.807) is 0 Å². The standard InChI is InChI=1S/C7H7N3S/c1-2-6-5-3-8-4-9-7(5)10-11-6/h3-4H,2H2,1H3. The van der Waals surface area contributed by atoms with Crippen molar-refractivity contribution in [2.24, 2.45) is 0 Å². The van der Waals surface area contributed by atoms with E-state index in [0.29, 0.717) is 0 Å². The fourth-order valence-corrected chi connectivity index (χ4v) is 1.71. The highest BCUT2D eigenvalue weighted by atomic mass is 32.1. The van der Waals surface area contributed by atoms with Gasteiger partial charge in [-0.1, -0.05) is 6.92 Å². The van der Waals surface area contributed by atoms with Gasteiger partial charge in [0.15, 0.2) is 5.65 Å². The number of hydrogen-bond donors (Lipinski definition) is 0. The highest BCUT2D eigenvalue weighted by Crippen LogP contribution is 2.19. The molecule has 0 spiro atoms. The molecule has 0 aromatic carbocycles. The predicted molar refractivity (Wildman–Crippen MR) is 44.6 cm³/mol. The fraction of sp³-hybridized carbons (Fsp3) is 0.286. The minimum atomic E-state index is 0.821. The highest BCUT2D eigenvalue weighted by molar-refractivity contribution is 7.07. The molecule has 2 heterocycles. The molecule has 0 fully saturated rings. The lowest BCUT2D eigenvalue weighted by molar-refractivity contribution is 1.18. The van der Waals surface area contributed by atoms with E-state index in [9.17, 15) is 0 Å². The molecular formula is C7H7N3S. The van der Waals surface area contributed by atoms with Crippen molar-refractivity contribution >= 4 is 22.6 Å². The van der Waals surface area contributed by atoms with Crippen LogP contribution in [-0.4, -0.2) is 14.3 Å². The lowest BCUT2D eigenvalue weighted by Crippen LogP contribution is -1.79. The van der Waals surface area contributed by atoms with E-state index in [2.05, 4.69) is 21.3 Å². The Morgan fingerprint density at radius 3 is 3.27 bits per heavy atom. The largest absolute Gasteiger partial charge is 0.244 e. The summed E-state index contributed by atoms with van der Waals surface area (Å²) < 4.78 is 4.18. The summed E-state index contributed by atoms with van der Waals surface area (Å²) in [5.41, 5.74) is 0.821. The average molecular weight is 165 g/mol. The van der Waals surface area contributed by atoms with Crippen LogP contribution in [0, 0.1) is 0 Å². The molecule has 0 unspecified atom stereocenters. The second kappa shape index (κ2) is 2.54. The van der Waals surface area contributed by atoms with Crippen molar-refractivity contribution in [2.75, 3.05) is 0 Å². The van der Waals surface area contributed by atoms with Gasteiger partial charge < -0.3 is 0 Å². The van der Waals surface area contributed by atoms with E-state index in [-0.39, 0.29) is 0 Å². The zero-order valence-corrected chi connectivity index (χ0v) is 6.93. The number of aryl methyl sites for hydroxylation is 1. The van der Waals surface area contributed by atoms with Crippen molar-refractivity contribution in [3.63, 3.8) is 0 Å². The van der Waals surface area contributed by atoms with Crippen LogP contribution < -0.4 is 0 Å². The maximum Gasteiger partial charge on any atom is 0.176 e. The minimum Gasteiger partial charge on any atom is -0.244 e. The molecule has 0 radical (unpaired) electrons. The number of fused-ring (bicyclic) bond motifs is 1. The maximum absolute atomic E-state index is 4.18. The molecule has 11 heavy (non-hydrogen) atoms. The van der Waals surface area contributed by atoms with Crippen LogP contribution in [0.15, 0.2) is 12.5 Å². The molecule has 4 heteroatoms. The summed E-state index contributed by atoms with van der Waals surface area (Å²) in [5, 5.41) is 1.10. The Hall–Kier alpha value is -1.03. The molecule has 0 saturated carbocycles. The van der Waals surface area contributed by atoms with E-state index in [1.165, 1.54) is 22.7 Å². The van der Waals surface area contributed by atoms with Crippen molar-refractivity contribution in [3.8, 4) is 0 Å². The van der Waals surface area contributed by atoms with Crippen LogP contribution in [0.2, 0.25) is 0 Å². The number of nitrogens with zero attached hydrogens (tertiary/aromatic N) is 3. The molecule has 3 nitrogen and oxygen atoms in total. The molecule has 0 saturated heterocycles. The molecule has 0 N–H and O–H groups in total. The first-order valence-electron chi connectivity index (χ1n) is 3.46. The third-order valence-corrected chi connectivity index (χ3v) is 2.55. The van der Waals surface area contributed by atoms with E-state index in [1.807, 2.05) is 6.20 Å². The molecule has 0 amide bonds. The molecule has 0 aliphatic rings. The van der Waals surface area contributed by atoms with E-state index >= 15 is 0 Å². The number of aromatic nitrogens is 3. The van der Waals surface area contributed by atoms with Crippen molar-refractivity contribution in [1.82, 2.24) is 14.3 Å². The lowest BCUT2D eigenvalue weighted by atomic mass is 10.3. The van der Waals surface area contributed by atoms with Crippen LogP contribution in [0.3, 0.4) is 0 Å². The first-order valence-corrected chi connectivity index (χ1v) is 4.23. The Morgan fingerprint density at radius 2 is 2.45 bits per heavy atom. The van der Waals surface area contributed by atoms with Crippen molar-refractivity contribution < 1.29 is 0 Å². The Balaban J connectivity index is 2.76. The second-order valence-electron chi connectivity index (χ2n) is 2.22. The fourth-order valence-electron chi connectivity index (χ4n) is 0.995. The van der Waals surface area contributed by atoms with Gasteiger partial charge in [0.1, 0.15) is 6.33 Å². The highest BCUT2D eigenvalue weighted by Gasteiger charge is 2.03. The van der Waals surface area contributed by atoms with Gasteiger partial charge >= 0.3 is 0 Å². The summed E-state index contributed by atoms with van der Waals surface area (Å²) in [6, 6.07) is 0. The Bertz CT molecular complexity index is 368. The monoisotopic (exact) mass is 165 g/mol. The van der Waals surface area contributed by atoms with Gasteiger partial charge in [0.2, 0.25) is 0 Å². The SMILES string of the molecule is CCc1snc2ncncc12. The minimum absolute atomic E-state index is 0.821. The Kier molecular flexibility index (Phi) is 1.54. The maximum atomic E-state index is 4.18. The summed E-state index contributed by atoms with van der Waals surface area (Å²) >= 11 is 1.51. The molecule has 2 aromatic rings. The van der Waals surface area contributed by atoms with Crippen molar-refractivity contribution in [3.05, 3.63) is 17.4 Å². The van der Waals surface area contributed by atoms with Crippen LogP contribution in [0.25, 0.3) is 11.0 Å². The summed E-state index contributed by atoms with van der Waals surface area (Å²) in [5.74, 6) is 0. The van der Waals surface area contributed by atoms with Gasteiger partial charge in [-0.3, -0.25) is 0 Å². The molecule has 0 bridgehead atoms. The van der Waals surface area contributed by atoms with Gasteiger partial charge in [0.05, 0.1) is 5.39 Å². The average Bonchev–Trinajstić information content (AvgIpc) is 2.47. The van der Waals surface area contributed by atoms with E-state index < -0.39 is 0 Å². The van der Waals surface area contributed by atoms with Gasteiger partial charge in [-0.15, -0.1) is 0 Å². The van der Waals surface area contributed by atoms with Gasteiger partial charge in [0, 0.05) is 11.1 Å². The van der Waals surface area contributed by atoms with Crippen LogP contribution in [0.1, 0.15) is 11.8 Å². The second-order valence-corrected chi connectivity index (χ2v) is 3.08. The van der Waals surface area contributed by atoms with Crippen LogP contribution in [0.4, 0.5) is 0 Å². The van der Waals surface area contributed by atoms with E-state index in [0.717, 1.165) is 17.5 Å². The first-order chi connectivity index (χ1) is 5.42. The van der Waals surface area contributed by atoms with Gasteiger partial charge in [-0.2, -0.15) is 4.37 Å². The molecule has 0 aliphatic carbocycles. The van der Waals surface area contributed by atoms with Gasteiger partial charge in [-0.05, 0) is 18.0 Å². The van der Waals surface area contributed by atoms with Gasteiger partial charge in [0.25, 0.3) is 0 Å². The van der Waals surface area contributed by atoms with Crippen LogP contribution >= 0.6 is 11.5 Å². The number of hydrogen-bond acceptors (Lipinski definition) is 4. The summed E-state index contributed by atoms with van der Waals surface area (Å²) in [4.78, 5) is 9.25. The zero-order chi connectivity index (χ0) is 7.68. The summed E-state index contributed by atoms with van der Waals surface area (Å²) in [7, 11) is 0. The number of rotatable bonds is 1.